The van der Waals surface area contributed by atoms with Crippen molar-refractivity contribution in [2.75, 3.05) is 18.0 Å². The van der Waals surface area contributed by atoms with Crippen LogP contribution in [0.25, 0.3) is 0 Å². The fraction of sp³-hybridized carbons (Fsp3) is 0.636. The molecule has 2 rings (SSSR count). The van der Waals surface area contributed by atoms with Crippen molar-refractivity contribution in [2.45, 2.75) is 33.6 Å². The Morgan fingerprint density at radius 1 is 1.21 bits per heavy atom. The van der Waals surface area contributed by atoms with Crippen molar-refractivity contribution in [1.82, 2.24) is 9.97 Å². The maximum Gasteiger partial charge on any atom is 0.305 e. The Morgan fingerprint density at radius 3 is 1.95 bits per heavy atom. The lowest BCUT2D eigenvalue weighted by atomic mass is 10.2. The van der Waals surface area contributed by atoms with Gasteiger partial charge in [0.2, 0.25) is 5.95 Å². The van der Waals surface area contributed by atoms with Crippen LogP contribution in [0.15, 0.2) is 12.4 Å². The Kier molecular flexibility index (Phi) is 6.81. The number of alkyl halides is 2. The van der Waals surface area contributed by atoms with Crippen molar-refractivity contribution >= 4 is 11.6 Å². The molecule has 1 saturated heterocycles. The zero-order valence-corrected chi connectivity index (χ0v) is 11.4. The molecular weight excluding hydrogens is 258 g/mol. The van der Waals surface area contributed by atoms with Crippen LogP contribution in [0.2, 0.25) is 0 Å². The first-order valence-electron chi connectivity index (χ1n) is 6.07. The molecule has 0 aromatic carbocycles. The number of nitrogens with zero attached hydrogens (tertiary/aromatic N) is 4. The Hall–Kier alpha value is -1.86. The summed E-state index contributed by atoms with van der Waals surface area (Å²) in [6.45, 7) is 7.12. The number of aromatic nitrogens is 2. The van der Waals surface area contributed by atoms with E-state index >= 15 is 0 Å². The second-order valence-corrected chi connectivity index (χ2v) is 3.21. The van der Waals surface area contributed by atoms with Crippen LogP contribution in [0.3, 0.4) is 0 Å². The monoisotopic (exact) mass is 276 g/mol. The highest BCUT2D eigenvalue weighted by molar-refractivity contribution is 5.38. The highest BCUT2D eigenvalue weighted by Crippen LogP contribution is 2.29. The topological polar surface area (TPSA) is 72.2 Å². The molecule has 1 aliphatic rings. The lowest BCUT2D eigenvalue weighted by molar-refractivity contribution is -0.385. The van der Waals surface area contributed by atoms with E-state index in [2.05, 4.69) is 9.97 Å². The standard InChI is InChI=1S/C7H6F2N4O2.2C2H6/c8-7(9)3-12(4-7)6-10-1-5(2-11-6)13(14)15;2*1-2/h1-2H,3-4H2;2*1-2H3. The largest absolute Gasteiger partial charge is 0.329 e. The number of hydrogen-bond acceptors (Lipinski definition) is 5. The van der Waals surface area contributed by atoms with Crippen LogP contribution in [-0.4, -0.2) is 33.9 Å². The molecule has 0 radical (unpaired) electrons. The summed E-state index contributed by atoms with van der Waals surface area (Å²) < 4.78 is 25.0. The van der Waals surface area contributed by atoms with Gasteiger partial charge < -0.3 is 4.90 Å². The molecular formula is C11H18F2N4O2. The van der Waals surface area contributed by atoms with Crippen LogP contribution in [0.1, 0.15) is 27.7 Å². The van der Waals surface area contributed by atoms with Crippen LogP contribution in [0.4, 0.5) is 20.4 Å². The third kappa shape index (κ3) is 4.72. The number of halogens is 2. The molecule has 8 heteroatoms. The smallest absolute Gasteiger partial charge is 0.305 e. The molecule has 0 bridgehead atoms. The maximum atomic E-state index is 12.5. The normalized spacial score (nSPS) is 15.2. The van der Waals surface area contributed by atoms with Gasteiger partial charge >= 0.3 is 5.69 Å². The molecule has 6 nitrogen and oxygen atoms in total. The molecule has 0 unspecified atom stereocenters. The molecule has 0 spiro atoms. The van der Waals surface area contributed by atoms with Crippen LogP contribution in [0.5, 0.6) is 0 Å². The highest BCUT2D eigenvalue weighted by atomic mass is 19.3. The fourth-order valence-corrected chi connectivity index (χ4v) is 1.23. The molecule has 0 saturated carbocycles. The minimum Gasteiger partial charge on any atom is -0.329 e. The second kappa shape index (κ2) is 7.55. The average molecular weight is 276 g/mol. The Morgan fingerprint density at radius 2 is 1.63 bits per heavy atom. The van der Waals surface area contributed by atoms with Crippen LogP contribution in [0, 0.1) is 10.1 Å². The van der Waals surface area contributed by atoms with Gasteiger partial charge in [-0.1, -0.05) is 27.7 Å². The first kappa shape index (κ1) is 17.1. The van der Waals surface area contributed by atoms with Crippen molar-refractivity contribution < 1.29 is 13.7 Å². The van der Waals surface area contributed by atoms with Gasteiger partial charge in [0.05, 0.1) is 18.0 Å². The van der Waals surface area contributed by atoms with Gasteiger partial charge in [-0.3, -0.25) is 10.1 Å². The molecule has 1 aromatic heterocycles. The summed E-state index contributed by atoms with van der Waals surface area (Å²) in [5.74, 6) is -2.61. The quantitative estimate of drug-likeness (QED) is 0.613. The molecule has 0 aliphatic carbocycles. The van der Waals surface area contributed by atoms with Gasteiger partial charge in [0, 0.05) is 0 Å². The predicted molar refractivity (Wildman–Crippen MR) is 68.5 cm³/mol. The third-order valence-corrected chi connectivity index (χ3v) is 1.96. The summed E-state index contributed by atoms with van der Waals surface area (Å²) in [5, 5.41) is 10.3. The summed E-state index contributed by atoms with van der Waals surface area (Å²) in [7, 11) is 0. The lowest BCUT2D eigenvalue weighted by Crippen LogP contribution is -2.57. The first-order valence-corrected chi connectivity index (χ1v) is 6.07. The van der Waals surface area contributed by atoms with E-state index in [1.54, 1.807) is 0 Å². The fourth-order valence-electron chi connectivity index (χ4n) is 1.23. The van der Waals surface area contributed by atoms with Gasteiger partial charge in [-0.05, 0) is 0 Å². The highest BCUT2D eigenvalue weighted by Gasteiger charge is 2.45. The lowest BCUT2D eigenvalue weighted by Gasteiger charge is -2.38. The van der Waals surface area contributed by atoms with Crippen molar-refractivity contribution in [3.8, 4) is 0 Å². The summed E-state index contributed by atoms with van der Waals surface area (Å²) in [5.41, 5.74) is -0.258. The number of anilines is 1. The van der Waals surface area contributed by atoms with Crippen LogP contribution < -0.4 is 4.90 Å². The van der Waals surface area contributed by atoms with Gasteiger partial charge in [0.15, 0.2) is 0 Å². The molecule has 108 valence electrons. The summed E-state index contributed by atoms with van der Waals surface area (Å²) >= 11 is 0. The molecule has 2 heterocycles. The third-order valence-electron chi connectivity index (χ3n) is 1.96. The maximum absolute atomic E-state index is 12.5. The van der Waals surface area contributed by atoms with E-state index in [9.17, 15) is 18.9 Å². The minimum absolute atomic E-state index is 0.0894. The van der Waals surface area contributed by atoms with Gasteiger partial charge in [-0.2, -0.15) is 0 Å². The van der Waals surface area contributed by atoms with E-state index < -0.39 is 23.9 Å². The van der Waals surface area contributed by atoms with Crippen molar-refractivity contribution in [3.63, 3.8) is 0 Å². The molecule has 1 aromatic rings. The molecule has 1 aliphatic heterocycles. The van der Waals surface area contributed by atoms with Gasteiger partial charge in [0.1, 0.15) is 12.4 Å². The number of hydrogen-bond donors (Lipinski definition) is 0. The minimum atomic E-state index is -2.70. The van der Waals surface area contributed by atoms with Gasteiger partial charge in [-0.25, -0.2) is 18.7 Å². The van der Waals surface area contributed by atoms with E-state index in [-0.39, 0.29) is 11.6 Å². The van der Waals surface area contributed by atoms with Gasteiger partial charge in [-0.15, -0.1) is 0 Å². The number of nitro groups is 1. The zero-order chi connectivity index (χ0) is 15.1. The van der Waals surface area contributed by atoms with E-state index in [1.807, 2.05) is 27.7 Å². The van der Waals surface area contributed by atoms with E-state index in [1.165, 1.54) is 4.90 Å². The summed E-state index contributed by atoms with van der Waals surface area (Å²) in [6, 6.07) is 0. The number of rotatable bonds is 2. The average Bonchev–Trinajstić information content (AvgIpc) is 2.40. The molecule has 1 fully saturated rings. The molecule has 19 heavy (non-hydrogen) atoms. The second-order valence-electron chi connectivity index (χ2n) is 3.21. The molecule has 0 N–H and O–H groups in total. The predicted octanol–water partition coefficient (Wildman–Crippen LogP) is 2.89. The Labute approximate surface area is 110 Å². The van der Waals surface area contributed by atoms with E-state index in [0.717, 1.165) is 12.4 Å². The summed E-state index contributed by atoms with van der Waals surface area (Å²) in [4.78, 5) is 18.1. The Balaban J connectivity index is 0.000000741. The molecule has 0 amide bonds. The van der Waals surface area contributed by atoms with Crippen molar-refractivity contribution in [2.24, 2.45) is 0 Å². The van der Waals surface area contributed by atoms with Crippen LogP contribution >= 0.6 is 0 Å². The van der Waals surface area contributed by atoms with E-state index in [0.29, 0.717) is 0 Å². The molecule has 0 atom stereocenters. The van der Waals surface area contributed by atoms with E-state index in [4.69, 9.17) is 0 Å². The van der Waals surface area contributed by atoms with Crippen LogP contribution in [-0.2, 0) is 0 Å². The summed E-state index contributed by atoms with van der Waals surface area (Å²) in [6.07, 6.45) is 2.00. The van der Waals surface area contributed by atoms with Crippen molar-refractivity contribution in [3.05, 3.63) is 22.5 Å². The SMILES string of the molecule is CC.CC.O=[N+]([O-])c1cnc(N2CC(F)(F)C2)nc1. The zero-order valence-electron chi connectivity index (χ0n) is 11.4. The first-order chi connectivity index (χ1) is 8.98. The van der Waals surface area contributed by atoms with Crippen molar-refractivity contribution in [1.29, 1.82) is 0 Å². The van der Waals surface area contributed by atoms with Gasteiger partial charge in [0.25, 0.3) is 5.92 Å². The Bertz CT molecular complexity index is 390.